The number of benzene rings is 1. The van der Waals surface area contributed by atoms with Crippen LogP contribution in [-0.4, -0.2) is 45.4 Å². The van der Waals surface area contributed by atoms with Crippen LogP contribution in [0.25, 0.3) is 5.52 Å². The molecule has 1 saturated heterocycles. The molecule has 1 saturated carbocycles. The van der Waals surface area contributed by atoms with Gasteiger partial charge in [0.25, 0.3) is 0 Å². The van der Waals surface area contributed by atoms with E-state index in [0.29, 0.717) is 23.5 Å². The SMILES string of the molecule is CC(NP(=O)(OCC1CCC(c2ccc3c(N)ncnn23)O1)Oc1ccccc1)C(=O)OC1CCC1. The van der Waals surface area contributed by atoms with E-state index in [1.54, 1.807) is 35.7 Å². The standard InChI is InChI=1S/C24H30N5O6P/c1-16(24(30)34-17-8-5-9-17)28-36(31,35-18-6-3-2-4-7-18)32-14-19-10-13-22(33-19)20-11-12-21-23(25)26-15-27-29(20)21/h2-4,6-7,11-12,15-17,19,22H,5,8-10,13-14H2,1H3,(H,28,31)(H2,25,26,27). The zero-order valence-electron chi connectivity index (χ0n) is 20.0. The van der Waals surface area contributed by atoms with E-state index in [9.17, 15) is 9.36 Å². The van der Waals surface area contributed by atoms with Crippen molar-refractivity contribution in [2.45, 2.75) is 63.4 Å². The molecule has 2 aliphatic rings. The van der Waals surface area contributed by atoms with Crippen molar-refractivity contribution in [1.29, 1.82) is 0 Å². The topological polar surface area (TPSA) is 139 Å². The van der Waals surface area contributed by atoms with Crippen LogP contribution in [0, 0.1) is 0 Å². The summed E-state index contributed by atoms with van der Waals surface area (Å²) in [5.41, 5.74) is 7.50. The molecule has 3 N–H and O–H groups in total. The third kappa shape index (κ3) is 5.54. The Morgan fingerprint density at radius 2 is 2.03 bits per heavy atom. The zero-order chi connectivity index (χ0) is 25.1. The molecule has 1 aromatic carbocycles. The second kappa shape index (κ2) is 10.6. The maximum atomic E-state index is 13.7. The van der Waals surface area contributed by atoms with Crippen LogP contribution in [0.4, 0.5) is 5.82 Å². The molecule has 2 aromatic heterocycles. The Morgan fingerprint density at radius 3 is 2.78 bits per heavy atom. The highest BCUT2D eigenvalue weighted by Crippen LogP contribution is 2.46. The predicted molar refractivity (Wildman–Crippen MR) is 131 cm³/mol. The first-order valence-electron chi connectivity index (χ1n) is 12.1. The molecule has 0 bridgehead atoms. The maximum absolute atomic E-state index is 13.7. The summed E-state index contributed by atoms with van der Waals surface area (Å²) < 4.78 is 38.6. The van der Waals surface area contributed by atoms with Gasteiger partial charge >= 0.3 is 13.7 Å². The number of para-hydroxylation sites is 1. The molecule has 36 heavy (non-hydrogen) atoms. The molecule has 192 valence electrons. The summed E-state index contributed by atoms with van der Waals surface area (Å²) in [5.74, 6) is 0.262. The van der Waals surface area contributed by atoms with E-state index in [1.165, 1.54) is 6.33 Å². The molecule has 4 unspecified atom stereocenters. The lowest BCUT2D eigenvalue weighted by molar-refractivity contribution is -0.154. The number of anilines is 1. The predicted octanol–water partition coefficient (Wildman–Crippen LogP) is 3.81. The minimum Gasteiger partial charge on any atom is -0.461 e. The first kappa shape index (κ1) is 24.7. The lowest BCUT2D eigenvalue weighted by Crippen LogP contribution is -2.38. The average Bonchev–Trinajstić information content (AvgIpc) is 3.48. The third-order valence-electron chi connectivity index (χ3n) is 6.39. The van der Waals surface area contributed by atoms with Crippen molar-refractivity contribution < 1.29 is 27.9 Å². The van der Waals surface area contributed by atoms with Gasteiger partial charge in [-0.3, -0.25) is 9.32 Å². The van der Waals surface area contributed by atoms with Crippen LogP contribution in [0.5, 0.6) is 5.75 Å². The molecule has 4 atom stereocenters. The average molecular weight is 516 g/mol. The van der Waals surface area contributed by atoms with Crippen LogP contribution in [0.2, 0.25) is 0 Å². The quantitative estimate of drug-likeness (QED) is 0.303. The van der Waals surface area contributed by atoms with Gasteiger partial charge in [-0.2, -0.15) is 10.2 Å². The van der Waals surface area contributed by atoms with Crippen molar-refractivity contribution in [3.63, 3.8) is 0 Å². The molecule has 0 spiro atoms. The highest BCUT2D eigenvalue weighted by Gasteiger charge is 2.36. The summed E-state index contributed by atoms with van der Waals surface area (Å²) in [5, 5.41) is 7.01. The van der Waals surface area contributed by atoms with Gasteiger partial charge in [0.15, 0.2) is 5.82 Å². The van der Waals surface area contributed by atoms with Crippen molar-refractivity contribution in [3.8, 4) is 5.75 Å². The van der Waals surface area contributed by atoms with Gasteiger partial charge in [-0.1, -0.05) is 18.2 Å². The Bertz CT molecular complexity index is 1250. The minimum absolute atomic E-state index is 0.0123. The van der Waals surface area contributed by atoms with E-state index in [4.69, 9.17) is 24.3 Å². The number of nitrogens with two attached hydrogens (primary N) is 1. The fraction of sp³-hybridized carbons (Fsp3) is 0.458. The minimum atomic E-state index is -3.94. The number of esters is 1. The summed E-state index contributed by atoms with van der Waals surface area (Å²) in [4.78, 5) is 16.5. The van der Waals surface area contributed by atoms with Crippen LogP contribution < -0.4 is 15.3 Å². The van der Waals surface area contributed by atoms with Crippen LogP contribution >= 0.6 is 7.75 Å². The molecule has 0 amide bonds. The van der Waals surface area contributed by atoms with Gasteiger partial charge < -0.3 is 19.7 Å². The number of carbonyl (C=O) groups is 1. The number of rotatable bonds is 10. The number of ether oxygens (including phenoxy) is 2. The summed E-state index contributed by atoms with van der Waals surface area (Å²) in [7, 11) is -3.94. The van der Waals surface area contributed by atoms with Gasteiger partial charge in [0.05, 0.1) is 18.4 Å². The highest BCUT2D eigenvalue weighted by atomic mass is 31.2. The van der Waals surface area contributed by atoms with E-state index in [-0.39, 0.29) is 24.9 Å². The number of hydrogen-bond donors (Lipinski definition) is 2. The van der Waals surface area contributed by atoms with Crippen molar-refractivity contribution in [1.82, 2.24) is 19.7 Å². The third-order valence-corrected chi connectivity index (χ3v) is 8.03. The van der Waals surface area contributed by atoms with Gasteiger partial charge in [0.1, 0.15) is 35.8 Å². The number of carbonyl (C=O) groups excluding carboxylic acids is 1. The van der Waals surface area contributed by atoms with Crippen LogP contribution in [0.3, 0.4) is 0 Å². The first-order valence-corrected chi connectivity index (χ1v) is 13.7. The van der Waals surface area contributed by atoms with E-state index in [0.717, 1.165) is 31.4 Å². The van der Waals surface area contributed by atoms with Gasteiger partial charge in [-0.05, 0) is 63.3 Å². The Kier molecular flexibility index (Phi) is 7.25. The lowest BCUT2D eigenvalue weighted by atomic mass is 9.96. The summed E-state index contributed by atoms with van der Waals surface area (Å²) >= 11 is 0. The Hall–Kier alpha value is -2.98. The van der Waals surface area contributed by atoms with E-state index in [1.807, 2.05) is 18.2 Å². The van der Waals surface area contributed by atoms with Crippen molar-refractivity contribution >= 4 is 25.1 Å². The fourth-order valence-corrected chi connectivity index (χ4v) is 5.72. The summed E-state index contributed by atoms with van der Waals surface area (Å²) in [6.07, 6.45) is 4.93. The van der Waals surface area contributed by atoms with Gasteiger partial charge in [0.2, 0.25) is 0 Å². The van der Waals surface area contributed by atoms with Crippen LogP contribution in [-0.2, 0) is 23.4 Å². The molecule has 11 nitrogen and oxygen atoms in total. The smallest absolute Gasteiger partial charge is 0.459 e. The zero-order valence-corrected chi connectivity index (χ0v) is 20.9. The molecule has 12 heteroatoms. The van der Waals surface area contributed by atoms with Gasteiger partial charge in [0, 0.05) is 0 Å². The Balaban J connectivity index is 1.24. The molecular formula is C24H30N5O6P. The maximum Gasteiger partial charge on any atom is 0.459 e. The largest absolute Gasteiger partial charge is 0.461 e. The van der Waals surface area contributed by atoms with Crippen LogP contribution in [0.1, 0.15) is 50.8 Å². The van der Waals surface area contributed by atoms with E-state index >= 15 is 0 Å². The monoisotopic (exact) mass is 515 g/mol. The Morgan fingerprint density at radius 1 is 1.22 bits per heavy atom. The fourth-order valence-electron chi connectivity index (χ4n) is 4.20. The number of nitrogen functional groups attached to an aromatic ring is 1. The highest BCUT2D eigenvalue weighted by molar-refractivity contribution is 7.52. The summed E-state index contributed by atoms with van der Waals surface area (Å²) in [6.45, 7) is 1.59. The number of nitrogens with one attached hydrogen (secondary N) is 1. The Labute approximate surface area is 208 Å². The van der Waals surface area contributed by atoms with Crippen molar-refractivity contribution in [2.24, 2.45) is 0 Å². The molecule has 5 rings (SSSR count). The number of aromatic nitrogens is 3. The molecule has 3 aromatic rings. The van der Waals surface area contributed by atoms with Crippen LogP contribution in [0.15, 0.2) is 48.8 Å². The molecule has 0 radical (unpaired) electrons. The van der Waals surface area contributed by atoms with Crippen molar-refractivity contribution in [3.05, 3.63) is 54.5 Å². The summed E-state index contributed by atoms with van der Waals surface area (Å²) in [6, 6.07) is 11.6. The lowest BCUT2D eigenvalue weighted by Gasteiger charge is -2.28. The number of nitrogens with zero attached hydrogens (tertiary/aromatic N) is 3. The van der Waals surface area contributed by atoms with Gasteiger partial charge in [-0.25, -0.2) is 14.1 Å². The van der Waals surface area contributed by atoms with Gasteiger partial charge in [-0.15, -0.1) is 0 Å². The first-order chi connectivity index (χ1) is 17.4. The second-order valence-electron chi connectivity index (χ2n) is 9.06. The second-order valence-corrected chi connectivity index (χ2v) is 10.8. The van der Waals surface area contributed by atoms with E-state index in [2.05, 4.69) is 15.2 Å². The van der Waals surface area contributed by atoms with E-state index < -0.39 is 19.8 Å². The normalized spacial score (nSPS) is 22.6. The molecule has 1 aliphatic carbocycles. The molecule has 3 heterocycles. The molecule has 1 aliphatic heterocycles. The number of hydrogen-bond acceptors (Lipinski definition) is 9. The number of fused-ring (bicyclic) bond motifs is 1. The molecule has 2 fully saturated rings. The van der Waals surface area contributed by atoms with Crippen molar-refractivity contribution in [2.75, 3.05) is 12.3 Å². The molecular weight excluding hydrogens is 485 g/mol.